The van der Waals surface area contributed by atoms with E-state index in [4.69, 9.17) is 0 Å². The summed E-state index contributed by atoms with van der Waals surface area (Å²) in [6.07, 6.45) is 0. The van der Waals surface area contributed by atoms with Gasteiger partial charge in [-0.1, -0.05) is 31.7 Å². The monoisotopic (exact) mass is 399 g/mol. The number of nitrogens with zero attached hydrogens (tertiary/aromatic N) is 1. The summed E-state index contributed by atoms with van der Waals surface area (Å²) in [5.41, 5.74) is -0.763. The molecule has 1 aliphatic rings. The maximum Gasteiger partial charge on any atom is 0.288 e. The van der Waals surface area contributed by atoms with Crippen LogP contribution in [0.15, 0.2) is 18.2 Å². The molecule has 10 heteroatoms. The number of rotatable bonds is 7. The van der Waals surface area contributed by atoms with Gasteiger partial charge in [0.05, 0.1) is 5.75 Å². The lowest BCUT2D eigenvalue weighted by molar-refractivity contribution is -0.126. The summed E-state index contributed by atoms with van der Waals surface area (Å²) in [7, 11) is 0. The molecule has 0 aliphatic carbocycles. The summed E-state index contributed by atoms with van der Waals surface area (Å²) < 4.78 is 27.5. The maximum absolute atomic E-state index is 13.7. The third-order valence-electron chi connectivity index (χ3n) is 3.90. The molecule has 0 spiro atoms. The summed E-state index contributed by atoms with van der Waals surface area (Å²) in [6, 6.07) is 1.98. The van der Waals surface area contributed by atoms with Crippen molar-refractivity contribution < 1.29 is 28.0 Å². The first-order valence-electron chi connectivity index (χ1n) is 8.22. The van der Waals surface area contributed by atoms with Gasteiger partial charge in [0.25, 0.3) is 11.1 Å². The fourth-order valence-electron chi connectivity index (χ4n) is 2.46. The number of thioether (sulfide) groups is 1. The van der Waals surface area contributed by atoms with Crippen LogP contribution in [0.2, 0.25) is 0 Å². The Kier molecular flexibility index (Phi) is 6.89. The summed E-state index contributed by atoms with van der Waals surface area (Å²) in [5, 5.41) is 4.47. The van der Waals surface area contributed by atoms with Crippen molar-refractivity contribution in [2.45, 2.75) is 19.9 Å². The fourth-order valence-corrected chi connectivity index (χ4v) is 3.21. The Labute approximate surface area is 158 Å². The standard InChI is InChI=1S/C17H19F2N3O4S/c1-9(2)14(21-15(24)13-10(18)4-3-5-11(13)19)16(25)20-6-7-22-12(23)8-27-17(22)26/h3-5,9,14H,6-8H2,1-2H3,(H,20,25)(H,21,24). The van der Waals surface area contributed by atoms with Crippen LogP contribution in [-0.2, 0) is 9.59 Å². The molecule has 27 heavy (non-hydrogen) atoms. The van der Waals surface area contributed by atoms with Crippen LogP contribution < -0.4 is 10.6 Å². The van der Waals surface area contributed by atoms with Crippen molar-refractivity contribution in [2.75, 3.05) is 18.8 Å². The van der Waals surface area contributed by atoms with E-state index in [1.54, 1.807) is 13.8 Å². The lowest BCUT2D eigenvalue weighted by atomic mass is 10.0. The van der Waals surface area contributed by atoms with Gasteiger partial charge in [0, 0.05) is 13.1 Å². The van der Waals surface area contributed by atoms with E-state index in [0.29, 0.717) is 0 Å². The molecule has 1 aromatic rings. The third kappa shape index (κ3) is 5.03. The second-order valence-corrected chi connectivity index (χ2v) is 7.11. The van der Waals surface area contributed by atoms with Gasteiger partial charge >= 0.3 is 0 Å². The fraction of sp³-hybridized carbons (Fsp3) is 0.412. The molecular formula is C17H19F2N3O4S. The largest absolute Gasteiger partial charge is 0.353 e. The Morgan fingerprint density at radius 3 is 2.37 bits per heavy atom. The van der Waals surface area contributed by atoms with E-state index in [2.05, 4.69) is 10.6 Å². The number of amides is 4. The van der Waals surface area contributed by atoms with Gasteiger partial charge in [-0.05, 0) is 18.1 Å². The summed E-state index contributed by atoms with van der Waals surface area (Å²) in [6.45, 7) is 3.33. The summed E-state index contributed by atoms with van der Waals surface area (Å²) >= 11 is 0.889. The van der Waals surface area contributed by atoms with Crippen LogP contribution >= 0.6 is 11.8 Å². The summed E-state index contributed by atoms with van der Waals surface area (Å²) in [5.74, 6) is -4.30. The highest BCUT2D eigenvalue weighted by molar-refractivity contribution is 8.14. The van der Waals surface area contributed by atoms with Gasteiger partial charge in [-0.2, -0.15) is 0 Å². The number of carbonyl (C=O) groups is 4. The summed E-state index contributed by atoms with van der Waals surface area (Å²) in [4.78, 5) is 48.6. The highest BCUT2D eigenvalue weighted by atomic mass is 32.2. The van der Waals surface area contributed by atoms with E-state index in [0.717, 1.165) is 34.9 Å². The maximum atomic E-state index is 13.7. The minimum atomic E-state index is -1.05. The Morgan fingerprint density at radius 2 is 1.85 bits per heavy atom. The lowest BCUT2D eigenvalue weighted by Gasteiger charge is -2.22. The molecule has 1 saturated heterocycles. The Hall–Kier alpha value is -2.49. The van der Waals surface area contributed by atoms with Crippen LogP contribution in [0, 0.1) is 17.6 Å². The highest BCUT2D eigenvalue weighted by Crippen LogP contribution is 2.18. The molecule has 2 rings (SSSR count). The molecule has 1 heterocycles. The molecule has 2 N–H and O–H groups in total. The van der Waals surface area contributed by atoms with Crippen LogP contribution in [0.1, 0.15) is 24.2 Å². The molecule has 4 amide bonds. The number of benzene rings is 1. The van der Waals surface area contributed by atoms with Gasteiger partial charge in [0.1, 0.15) is 23.2 Å². The van der Waals surface area contributed by atoms with Crippen LogP contribution in [0.4, 0.5) is 13.6 Å². The molecule has 0 bridgehead atoms. The predicted molar refractivity (Wildman–Crippen MR) is 95.0 cm³/mol. The molecule has 0 aromatic heterocycles. The van der Waals surface area contributed by atoms with Gasteiger partial charge in [-0.15, -0.1) is 0 Å². The molecule has 1 fully saturated rings. The van der Waals surface area contributed by atoms with Crippen LogP contribution in [0.3, 0.4) is 0 Å². The zero-order valence-corrected chi connectivity index (χ0v) is 15.6. The molecular weight excluding hydrogens is 380 g/mol. The molecule has 0 radical (unpaired) electrons. The lowest BCUT2D eigenvalue weighted by Crippen LogP contribution is -2.51. The van der Waals surface area contributed by atoms with Crippen molar-refractivity contribution in [3.05, 3.63) is 35.4 Å². The van der Waals surface area contributed by atoms with Crippen LogP contribution in [0.25, 0.3) is 0 Å². The average Bonchev–Trinajstić information content (AvgIpc) is 2.91. The minimum absolute atomic E-state index is 0.00399. The number of hydrogen-bond acceptors (Lipinski definition) is 5. The van der Waals surface area contributed by atoms with Gasteiger partial charge in [-0.25, -0.2) is 8.78 Å². The van der Waals surface area contributed by atoms with E-state index in [-0.39, 0.29) is 35.9 Å². The van der Waals surface area contributed by atoms with Crippen LogP contribution in [-0.4, -0.2) is 52.7 Å². The van der Waals surface area contributed by atoms with E-state index < -0.39 is 35.1 Å². The van der Waals surface area contributed by atoms with Gasteiger partial charge in [0.2, 0.25) is 11.8 Å². The Balaban J connectivity index is 1.97. The number of hydrogen-bond donors (Lipinski definition) is 2. The second kappa shape index (κ2) is 8.94. The zero-order valence-electron chi connectivity index (χ0n) is 14.8. The first kappa shape index (κ1) is 20.8. The number of halogens is 2. The van der Waals surface area contributed by atoms with Crippen LogP contribution in [0.5, 0.6) is 0 Å². The van der Waals surface area contributed by atoms with Gasteiger partial charge in [-0.3, -0.25) is 24.1 Å². The Morgan fingerprint density at radius 1 is 1.22 bits per heavy atom. The Bertz CT molecular complexity index is 736. The SMILES string of the molecule is CC(C)C(NC(=O)c1c(F)cccc1F)C(=O)NCCN1C(=O)CSC1=O. The van der Waals surface area contributed by atoms with Crippen molar-refractivity contribution in [1.82, 2.24) is 15.5 Å². The van der Waals surface area contributed by atoms with Crippen molar-refractivity contribution in [3.8, 4) is 0 Å². The first-order chi connectivity index (χ1) is 12.7. The van der Waals surface area contributed by atoms with E-state index in [1.807, 2.05) is 0 Å². The van der Waals surface area contributed by atoms with Crippen molar-refractivity contribution in [2.24, 2.45) is 5.92 Å². The quantitative estimate of drug-likeness (QED) is 0.725. The minimum Gasteiger partial charge on any atom is -0.353 e. The van der Waals surface area contributed by atoms with Crippen molar-refractivity contribution in [1.29, 1.82) is 0 Å². The molecule has 1 aromatic carbocycles. The van der Waals surface area contributed by atoms with Crippen molar-refractivity contribution in [3.63, 3.8) is 0 Å². The van der Waals surface area contributed by atoms with Gasteiger partial charge < -0.3 is 10.6 Å². The number of carbonyl (C=O) groups excluding carboxylic acids is 4. The smallest absolute Gasteiger partial charge is 0.288 e. The third-order valence-corrected chi connectivity index (χ3v) is 4.76. The molecule has 1 atom stereocenters. The van der Waals surface area contributed by atoms with Gasteiger partial charge in [0.15, 0.2) is 0 Å². The van der Waals surface area contributed by atoms with E-state index >= 15 is 0 Å². The predicted octanol–water partition coefficient (Wildman–Crippen LogP) is 1.53. The van der Waals surface area contributed by atoms with E-state index in [1.165, 1.54) is 0 Å². The average molecular weight is 399 g/mol. The first-order valence-corrected chi connectivity index (χ1v) is 9.20. The molecule has 146 valence electrons. The molecule has 0 saturated carbocycles. The second-order valence-electron chi connectivity index (χ2n) is 6.18. The zero-order chi connectivity index (χ0) is 20.1. The number of imide groups is 1. The normalized spacial score (nSPS) is 15.2. The highest BCUT2D eigenvalue weighted by Gasteiger charge is 2.30. The molecule has 1 unspecified atom stereocenters. The number of nitrogens with one attached hydrogen (secondary N) is 2. The molecule has 7 nitrogen and oxygen atoms in total. The topological polar surface area (TPSA) is 95.6 Å². The van der Waals surface area contributed by atoms with Crippen molar-refractivity contribution >= 4 is 34.7 Å². The van der Waals surface area contributed by atoms with E-state index in [9.17, 15) is 28.0 Å². The molecule has 1 aliphatic heterocycles.